The number of rotatable bonds is 2. The van der Waals surface area contributed by atoms with E-state index in [1.165, 1.54) is 34.1 Å². The molecule has 0 radical (unpaired) electrons. The molecular weight excluding hydrogens is 273 g/mol. The fraction of sp³-hybridized carbons (Fsp3) is 0.467. The summed E-state index contributed by atoms with van der Waals surface area (Å²) in [4.78, 5) is 27.3. The van der Waals surface area contributed by atoms with Crippen LogP contribution >= 0.6 is 0 Å². The van der Waals surface area contributed by atoms with Crippen LogP contribution in [-0.4, -0.2) is 36.0 Å². The van der Waals surface area contributed by atoms with Crippen molar-refractivity contribution < 1.29 is 14.0 Å². The largest absolute Gasteiger partial charge is 0.368 e. The lowest BCUT2D eigenvalue weighted by molar-refractivity contribution is -0.129. The lowest BCUT2D eigenvalue weighted by Crippen LogP contribution is -2.62. The molecule has 2 rings (SSSR count). The molecule has 1 atom stereocenters. The predicted molar refractivity (Wildman–Crippen MR) is 78.4 cm³/mol. The van der Waals surface area contributed by atoms with Gasteiger partial charge < -0.3 is 10.6 Å². The number of hydrogen-bond acceptors (Lipinski definition) is 2. The van der Waals surface area contributed by atoms with E-state index in [4.69, 9.17) is 5.73 Å². The zero-order valence-electron chi connectivity index (χ0n) is 12.3. The van der Waals surface area contributed by atoms with Gasteiger partial charge in [0.05, 0.1) is 0 Å². The van der Waals surface area contributed by atoms with E-state index in [2.05, 4.69) is 0 Å². The van der Waals surface area contributed by atoms with Crippen molar-refractivity contribution in [2.45, 2.75) is 31.7 Å². The molecule has 1 aromatic carbocycles. The third kappa shape index (κ3) is 2.84. The van der Waals surface area contributed by atoms with Gasteiger partial charge in [-0.2, -0.15) is 0 Å². The molecule has 114 valence electrons. The van der Waals surface area contributed by atoms with Crippen LogP contribution in [0.1, 0.15) is 26.2 Å². The van der Waals surface area contributed by atoms with Crippen molar-refractivity contribution in [2.24, 2.45) is 5.73 Å². The summed E-state index contributed by atoms with van der Waals surface area (Å²) in [6.07, 6.45) is 2.26. The molecule has 6 heteroatoms. The summed E-state index contributed by atoms with van der Waals surface area (Å²) in [7, 11) is 1.60. The minimum Gasteiger partial charge on any atom is -0.368 e. The number of carbonyl (C=O) groups is 2. The SMILES string of the molecule is CN(C(=O)N1CCCCC1(C)C(N)=O)c1ccc(F)cc1. The average Bonchev–Trinajstić information content (AvgIpc) is 2.47. The summed E-state index contributed by atoms with van der Waals surface area (Å²) in [6, 6.07) is 5.34. The molecule has 5 nitrogen and oxygen atoms in total. The number of primary amides is 1. The number of carbonyl (C=O) groups excluding carboxylic acids is 2. The zero-order chi connectivity index (χ0) is 15.6. The quantitative estimate of drug-likeness (QED) is 0.907. The number of nitrogens with two attached hydrogens (primary N) is 1. The first-order chi connectivity index (χ1) is 9.86. The van der Waals surface area contributed by atoms with E-state index < -0.39 is 11.4 Å². The highest BCUT2D eigenvalue weighted by molar-refractivity contribution is 5.96. The van der Waals surface area contributed by atoms with E-state index in [1.54, 1.807) is 14.0 Å². The molecule has 0 bridgehead atoms. The van der Waals surface area contributed by atoms with Crippen LogP contribution in [0.15, 0.2) is 24.3 Å². The summed E-state index contributed by atoms with van der Waals surface area (Å²) in [6.45, 7) is 2.19. The standard InChI is InChI=1S/C15H20FN3O2/c1-15(13(17)20)9-3-4-10-19(15)14(21)18(2)12-7-5-11(16)6-8-12/h5-8H,3-4,9-10H2,1-2H3,(H2,17,20). The summed E-state index contributed by atoms with van der Waals surface area (Å²) in [5.74, 6) is -0.859. The van der Waals surface area contributed by atoms with Crippen LogP contribution in [0.2, 0.25) is 0 Å². The van der Waals surface area contributed by atoms with Gasteiger partial charge in [-0.1, -0.05) is 0 Å². The Balaban J connectivity index is 2.24. The van der Waals surface area contributed by atoms with Crippen molar-refractivity contribution in [3.05, 3.63) is 30.1 Å². The van der Waals surface area contributed by atoms with Crippen LogP contribution in [-0.2, 0) is 4.79 Å². The van der Waals surface area contributed by atoms with Gasteiger partial charge in [-0.15, -0.1) is 0 Å². The highest BCUT2D eigenvalue weighted by Crippen LogP contribution is 2.29. The van der Waals surface area contributed by atoms with Crippen LogP contribution in [0, 0.1) is 5.82 Å². The van der Waals surface area contributed by atoms with E-state index in [9.17, 15) is 14.0 Å². The first-order valence-corrected chi connectivity index (χ1v) is 6.97. The minimum absolute atomic E-state index is 0.303. The third-order valence-corrected chi connectivity index (χ3v) is 4.15. The fourth-order valence-electron chi connectivity index (χ4n) is 2.64. The van der Waals surface area contributed by atoms with Gasteiger partial charge >= 0.3 is 6.03 Å². The Bertz CT molecular complexity index is 546. The van der Waals surface area contributed by atoms with Gasteiger partial charge in [-0.05, 0) is 50.5 Å². The Labute approximate surface area is 123 Å². The lowest BCUT2D eigenvalue weighted by Gasteiger charge is -2.43. The number of amides is 3. The molecule has 21 heavy (non-hydrogen) atoms. The maximum Gasteiger partial charge on any atom is 0.325 e. The monoisotopic (exact) mass is 293 g/mol. The third-order valence-electron chi connectivity index (χ3n) is 4.15. The first-order valence-electron chi connectivity index (χ1n) is 6.97. The van der Waals surface area contributed by atoms with Crippen molar-refractivity contribution in [3.8, 4) is 0 Å². The van der Waals surface area contributed by atoms with Gasteiger partial charge in [0, 0.05) is 19.3 Å². The smallest absolute Gasteiger partial charge is 0.325 e. The summed E-state index contributed by atoms with van der Waals surface area (Å²) >= 11 is 0. The number of anilines is 1. The van der Waals surface area contributed by atoms with Crippen molar-refractivity contribution >= 4 is 17.6 Å². The average molecular weight is 293 g/mol. The number of halogens is 1. The van der Waals surface area contributed by atoms with Gasteiger partial charge in [-0.3, -0.25) is 9.69 Å². The highest BCUT2D eigenvalue weighted by atomic mass is 19.1. The van der Waals surface area contributed by atoms with Crippen LogP contribution in [0.4, 0.5) is 14.9 Å². The van der Waals surface area contributed by atoms with E-state index in [1.807, 2.05) is 0 Å². The minimum atomic E-state index is -0.969. The maximum atomic E-state index is 13.0. The second-order valence-corrected chi connectivity index (χ2v) is 5.56. The number of benzene rings is 1. The van der Waals surface area contributed by atoms with E-state index in [-0.39, 0.29) is 11.8 Å². The molecule has 0 aromatic heterocycles. The molecular formula is C15H20FN3O2. The number of hydrogen-bond donors (Lipinski definition) is 1. The molecule has 1 fully saturated rings. The first kappa shape index (κ1) is 15.3. The van der Waals surface area contributed by atoms with Crippen molar-refractivity contribution in [1.29, 1.82) is 0 Å². The van der Waals surface area contributed by atoms with Gasteiger partial charge in [0.2, 0.25) is 5.91 Å². The molecule has 0 spiro atoms. The van der Waals surface area contributed by atoms with Gasteiger partial charge in [0.15, 0.2) is 0 Å². The highest BCUT2D eigenvalue weighted by Gasteiger charge is 2.43. The number of likely N-dealkylation sites (tertiary alicyclic amines) is 1. The van der Waals surface area contributed by atoms with E-state index in [0.29, 0.717) is 18.7 Å². The van der Waals surface area contributed by atoms with Gasteiger partial charge in [-0.25, -0.2) is 9.18 Å². The number of piperidine rings is 1. The van der Waals surface area contributed by atoms with Crippen LogP contribution in [0.5, 0.6) is 0 Å². The predicted octanol–water partition coefficient (Wildman–Crippen LogP) is 2.11. The van der Waals surface area contributed by atoms with Gasteiger partial charge in [0.25, 0.3) is 0 Å². The molecule has 0 saturated carbocycles. The number of urea groups is 1. The Kier molecular flexibility index (Phi) is 4.16. The molecule has 1 saturated heterocycles. The van der Waals surface area contributed by atoms with Gasteiger partial charge in [0.1, 0.15) is 11.4 Å². The van der Waals surface area contributed by atoms with Crippen LogP contribution in [0.25, 0.3) is 0 Å². The molecule has 2 N–H and O–H groups in total. The van der Waals surface area contributed by atoms with E-state index >= 15 is 0 Å². The normalized spacial score (nSPS) is 22.0. The summed E-state index contributed by atoms with van der Waals surface area (Å²) in [5.41, 5.74) is 5.09. The molecule has 1 aliphatic rings. The summed E-state index contributed by atoms with van der Waals surface area (Å²) < 4.78 is 13.0. The Hall–Kier alpha value is -2.11. The molecule has 1 unspecified atom stereocenters. The van der Waals surface area contributed by atoms with Crippen molar-refractivity contribution in [3.63, 3.8) is 0 Å². The van der Waals surface area contributed by atoms with Crippen LogP contribution < -0.4 is 10.6 Å². The molecule has 0 aliphatic carbocycles. The van der Waals surface area contributed by atoms with Crippen molar-refractivity contribution in [2.75, 3.05) is 18.5 Å². The Morgan fingerprint density at radius 1 is 1.29 bits per heavy atom. The molecule has 1 heterocycles. The second kappa shape index (κ2) is 5.71. The molecule has 1 aliphatic heterocycles. The Morgan fingerprint density at radius 3 is 2.48 bits per heavy atom. The zero-order valence-corrected chi connectivity index (χ0v) is 12.3. The second-order valence-electron chi connectivity index (χ2n) is 5.56. The summed E-state index contributed by atoms with van der Waals surface area (Å²) in [5, 5.41) is 0. The lowest BCUT2D eigenvalue weighted by atomic mass is 9.88. The molecule has 1 aromatic rings. The fourth-order valence-corrected chi connectivity index (χ4v) is 2.64. The topological polar surface area (TPSA) is 66.6 Å². The number of nitrogens with zero attached hydrogens (tertiary/aromatic N) is 2. The Morgan fingerprint density at radius 2 is 1.90 bits per heavy atom. The molecule has 3 amide bonds. The van der Waals surface area contributed by atoms with E-state index in [0.717, 1.165) is 12.8 Å². The van der Waals surface area contributed by atoms with Crippen molar-refractivity contribution in [1.82, 2.24) is 4.90 Å². The maximum absolute atomic E-state index is 13.0. The van der Waals surface area contributed by atoms with Crippen LogP contribution in [0.3, 0.4) is 0 Å².